The number of rotatable bonds is 13. The molecule has 3 aromatic carbocycles. The molecule has 0 bridgehead atoms. The first-order valence-electron chi connectivity index (χ1n) is 15.0. The standard InChI is InChI=1S/C35H41N3O5/c1-6-7-8-9-18-43-28-15-12-25(21-29(28)42-5)34-31-32(30-23(3)19-22(2)20-27(30)39)36-37-33(31)35(40)38(34)17-16-24-10-13-26(41-4)14-11-24/h10-15,19-21,34,39H,6-9,16-18H2,1-5H3,(H,36,37). The van der Waals surface area contributed by atoms with Crippen LogP contribution < -0.4 is 14.2 Å². The summed E-state index contributed by atoms with van der Waals surface area (Å²) in [4.78, 5) is 15.8. The van der Waals surface area contributed by atoms with E-state index in [1.165, 1.54) is 12.8 Å². The predicted molar refractivity (Wildman–Crippen MR) is 167 cm³/mol. The van der Waals surface area contributed by atoms with Crippen molar-refractivity contribution in [1.82, 2.24) is 15.1 Å². The molecule has 1 aliphatic rings. The highest BCUT2D eigenvalue weighted by Crippen LogP contribution is 2.47. The lowest BCUT2D eigenvalue weighted by atomic mass is 9.93. The third kappa shape index (κ3) is 6.19. The quantitative estimate of drug-likeness (QED) is 0.162. The number of nitrogens with one attached hydrogen (secondary N) is 1. The number of carbonyl (C=O) groups excluding carboxylic acids is 1. The van der Waals surface area contributed by atoms with Crippen LogP contribution in [0, 0.1) is 13.8 Å². The lowest BCUT2D eigenvalue weighted by Gasteiger charge is -2.27. The highest BCUT2D eigenvalue weighted by molar-refractivity contribution is 6.00. The first kappa shape index (κ1) is 30.0. The van der Waals surface area contributed by atoms with Crippen molar-refractivity contribution in [3.05, 3.63) is 88.1 Å². The van der Waals surface area contributed by atoms with Crippen LogP contribution in [-0.2, 0) is 6.42 Å². The highest BCUT2D eigenvalue weighted by Gasteiger charge is 2.42. The number of amides is 1. The van der Waals surface area contributed by atoms with E-state index < -0.39 is 6.04 Å². The molecule has 43 heavy (non-hydrogen) atoms. The van der Waals surface area contributed by atoms with E-state index in [9.17, 15) is 9.90 Å². The van der Waals surface area contributed by atoms with Crippen LogP contribution in [0.4, 0.5) is 0 Å². The molecule has 1 amide bonds. The number of hydrogen-bond donors (Lipinski definition) is 2. The number of methoxy groups -OCH3 is 2. The summed E-state index contributed by atoms with van der Waals surface area (Å²) in [5.41, 5.74) is 6.19. The number of aryl methyl sites for hydroxylation is 2. The summed E-state index contributed by atoms with van der Waals surface area (Å²) in [5.74, 6) is 2.09. The van der Waals surface area contributed by atoms with E-state index in [2.05, 4.69) is 17.1 Å². The Morgan fingerprint density at radius 2 is 1.74 bits per heavy atom. The average molecular weight is 584 g/mol. The molecule has 4 aromatic rings. The minimum absolute atomic E-state index is 0.133. The van der Waals surface area contributed by atoms with Crippen molar-refractivity contribution >= 4 is 5.91 Å². The zero-order valence-electron chi connectivity index (χ0n) is 25.7. The Kier molecular flexibility index (Phi) is 9.24. The van der Waals surface area contributed by atoms with E-state index in [0.717, 1.165) is 46.4 Å². The molecule has 1 aliphatic heterocycles. The molecule has 1 unspecified atom stereocenters. The van der Waals surface area contributed by atoms with Crippen LogP contribution in [0.25, 0.3) is 11.3 Å². The van der Waals surface area contributed by atoms with Crippen LogP contribution in [0.2, 0.25) is 0 Å². The fraction of sp³-hybridized carbons (Fsp3) is 0.371. The van der Waals surface area contributed by atoms with Gasteiger partial charge in [0.15, 0.2) is 11.5 Å². The number of carbonyl (C=O) groups is 1. The van der Waals surface area contributed by atoms with Gasteiger partial charge in [-0.2, -0.15) is 5.10 Å². The Hall–Kier alpha value is -4.46. The highest BCUT2D eigenvalue weighted by atomic mass is 16.5. The zero-order chi connectivity index (χ0) is 30.5. The third-order valence-electron chi connectivity index (χ3n) is 8.12. The molecule has 0 fully saturated rings. The monoisotopic (exact) mass is 583 g/mol. The normalized spacial score (nSPS) is 14.2. The second-order valence-electron chi connectivity index (χ2n) is 11.2. The van der Waals surface area contributed by atoms with Gasteiger partial charge in [0.05, 0.1) is 26.9 Å². The number of nitrogens with zero attached hydrogens (tertiary/aromatic N) is 2. The number of ether oxygens (including phenoxy) is 3. The maximum Gasteiger partial charge on any atom is 0.273 e. The largest absolute Gasteiger partial charge is 0.507 e. The molecule has 1 aromatic heterocycles. The Balaban J connectivity index is 1.53. The molecule has 226 valence electrons. The van der Waals surface area contributed by atoms with Gasteiger partial charge >= 0.3 is 0 Å². The summed E-state index contributed by atoms with van der Waals surface area (Å²) in [6, 6.07) is 17.1. The number of unbranched alkanes of at least 4 members (excludes halogenated alkanes) is 3. The molecule has 0 spiro atoms. The smallest absolute Gasteiger partial charge is 0.273 e. The van der Waals surface area contributed by atoms with Crippen LogP contribution in [-0.4, -0.2) is 53.5 Å². The number of phenols is 1. The van der Waals surface area contributed by atoms with Gasteiger partial charge in [-0.1, -0.05) is 50.5 Å². The van der Waals surface area contributed by atoms with Crippen LogP contribution in [0.3, 0.4) is 0 Å². The summed E-state index contributed by atoms with van der Waals surface area (Å²) in [5, 5.41) is 18.6. The Morgan fingerprint density at radius 1 is 0.953 bits per heavy atom. The minimum Gasteiger partial charge on any atom is -0.507 e. The maximum absolute atomic E-state index is 13.9. The predicted octanol–water partition coefficient (Wildman–Crippen LogP) is 7.16. The van der Waals surface area contributed by atoms with Crippen LogP contribution in [0.5, 0.6) is 23.0 Å². The van der Waals surface area contributed by atoms with Crippen molar-refractivity contribution in [2.75, 3.05) is 27.4 Å². The first-order valence-corrected chi connectivity index (χ1v) is 15.0. The number of fused-ring (bicyclic) bond motifs is 1. The van der Waals surface area contributed by atoms with Crippen molar-refractivity contribution in [3.8, 4) is 34.3 Å². The molecule has 1 atom stereocenters. The number of aromatic amines is 1. The van der Waals surface area contributed by atoms with Gasteiger partial charge < -0.3 is 24.2 Å². The van der Waals surface area contributed by atoms with E-state index in [1.54, 1.807) is 20.3 Å². The number of benzene rings is 3. The Bertz CT molecular complexity index is 1550. The molecule has 8 heteroatoms. The zero-order valence-corrected chi connectivity index (χ0v) is 25.7. The lowest BCUT2D eigenvalue weighted by molar-refractivity contribution is 0.0745. The van der Waals surface area contributed by atoms with Gasteiger partial charge in [-0.3, -0.25) is 9.89 Å². The second kappa shape index (κ2) is 13.2. The molecule has 5 rings (SSSR count). The van der Waals surface area contributed by atoms with Crippen LogP contribution >= 0.6 is 0 Å². The molecule has 0 radical (unpaired) electrons. The first-order chi connectivity index (χ1) is 20.9. The molecular weight excluding hydrogens is 542 g/mol. The van der Waals surface area contributed by atoms with E-state index in [0.29, 0.717) is 48.0 Å². The summed E-state index contributed by atoms with van der Waals surface area (Å²) in [6.45, 7) is 7.18. The van der Waals surface area contributed by atoms with Gasteiger partial charge in [0, 0.05) is 17.7 Å². The fourth-order valence-electron chi connectivity index (χ4n) is 5.94. The number of hydrogen-bond acceptors (Lipinski definition) is 6. The molecule has 0 saturated carbocycles. The number of H-pyrrole nitrogens is 1. The molecular formula is C35H41N3O5. The topological polar surface area (TPSA) is 96.9 Å². The second-order valence-corrected chi connectivity index (χ2v) is 11.2. The summed E-state index contributed by atoms with van der Waals surface area (Å²) >= 11 is 0. The third-order valence-corrected chi connectivity index (χ3v) is 8.12. The molecule has 2 heterocycles. The van der Waals surface area contributed by atoms with Crippen LogP contribution in [0.1, 0.15) is 77.0 Å². The molecule has 0 saturated heterocycles. The maximum atomic E-state index is 13.9. The van der Waals surface area contributed by atoms with E-state index in [-0.39, 0.29) is 11.7 Å². The van der Waals surface area contributed by atoms with Crippen molar-refractivity contribution in [2.45, 2.75) is 58.9 Å². The Labute approximate surface area is 253 Å². The number of aromatic nitrogens is 2. The van der Waals surface area contributed by atoms with Gasteiger partial charge in [-0.25, -0.2) is 0 Å². The SMILES string of the molecule is CCCCCCOc1ccc(C2c3c(-c4c(C)cc(C)cc4O)n[nH]c3C(=O)N2CCc2ccc(OC)cc2)cc1OC. The van der Waals surface area contributed by atoms with Crippen molar-refractivity contribution < 1.29 is 24.1 Å². The van der Waals surface area contributed by atoms with E-state index in [4.69, 9.17) is 14.2 Å². The van der Waals surface area contributed by atoms with Gasteiger partial charge in [0.25, 0.3) is 5.91 Å². The van der Waals surface area contributed by atoms with Gasteiger partial charge in [0.1, 0.15) is 22.9 Å². The average Bonchev–Trinajstić information content (AvgIpc) is 3.54. The van der Waals surface area contributed by atoms with Crippen LogP contribution in [0.15, 0.2) is 54.6 Å². The van der Waals surface area contributed by atoms with Crippen molar-refractivity contribution in [1.29, 1.82) is 0 Å². The van der Waals surface area contributed by atoms with Crippen molar-refractivity contribution in [2.24, 2.45) is 0 Å². The summed E-state index contributed by atoms with van der Waals surface area (Å²) in [7, 11) is 3.28. The minimum atomic E-state index is -0.442. The lowest BCUT2D eigenvalue weighted by Crippen LogP contribution is -2.31. The van der Waals surface area contributed by atoms with E-state index in [1.807, 2.05) is 67.3 Å². The van der Waals surface area contributed by atoms with Gasteiger partial charge in [-0.15, -0.1) is 0 Å². The molecule has 8 nitrogen and oxygen atoms in total. The van der Waals surface area contributed by atoms with Gasteiger partial charge in [0.2, 0.25) is 0 Å². The number of aromatic hydroxyl groups is 1. The summed E-state index contributed by atoms with van der Waals surface area (Å²) in [6.07, 6.45) is 5.12. The van der Waals surface area contributed by atoms with E-state index >= 15 is 0 Å². The Morgan fingerprint density at radius 3 is 2.44 bits per heavy atom. The van der Waals surface area contributed by atoms with Gasteiger partial charge in [-0.05, 0) is 79.3 Å². The van der Waals surface area contributed by atoms with Crippen molar-refractivity contribution in [3.63, 3.8) is 0 Å². The fourth-order valence-corrected chi connectivity index (χ4v) is 5.94. The molecule has 2 N–H and O–H groups in total. The number of phenolic OH excluding ortho intramolecular Hbond substituents is 1. The summed E-state index contributed by atoms with van der Waals surface area (Å²) < 4.78 is 17.2. The molecule has 0 aliphatic carbocycles.